The average Bonchev–Trinajstić information content (AvgIpc) is 2.94. The minimum atomic E-state index is -4.68. The summed E-state index contributed by atoms with van der Waals surface area (Å²) in [6, 6.07) is 1.61. The van der Waals surface area contributed by atoms with E-state index in [1.807, 2.05) is 0 Å². The number of amides is 1. The van der Waals surface area contributed by atoms with Crippen LogP contribution in [-0.2, 0) is 14.8 Å². The highest BCUT2D eigenvalue weighted by Crippen LogP contribution is 2.31. The molecule has 2 N–H and O–H groups in total. The van der Waals surface area contributed by atoms with Crippen LogP contribution in [0.2, 0.25) is 5.02 Å². The second kappa shape index (κ2) is 6.77. The number of sulfonamides is 1. The Labute approximate surface area is 153 Å². The van der Waals surface area contributed by atoms with Crippen LogP contribution in [0.3, 0.4) is 0 Å². The van der Waals surface area contributed by atoms with Crippen molar-refractivity contribution in [1.29, 1.82) is 0 Å². The smallest absolute Gasteiger partial charge is 0.430 e. The molecular formula is C14H15ClFN3O4S2. The van der Waals surface area contributed by atoms with Gasteiger partial charge in [0.05, 0.1) is 16.2 Å². The lowest BCUT2D eigenvalue weighted by molar-refractivity contribution is 0.0608. The van der Waals surface area contributed by atoms with Crippen molar-refractivity contribution < 1.29 is 22.3 Å². The molecule has 0 radical (unpaired) electrons. The first-order valence-corrected chi connectivity index (χ1v) is 9.60. The zero-order valence-electron chi connectivity index (χ0n) is 13.5. The molecule has 25 heavy (non-hydrogen) atoms. The van der Waals surface area contributed by atoms with Gasteiger partial charge in [-0.15, -0.1) is 15.6 Å². The fourth-order valence-electron chi connectivity index (χ4n) is 1.76. The number of carbonyl (C=O) groups is 1. The molecule has 11 heteroatoms. The van der Waals surface area contributed by atoms with E-state index in [0.29, 0.717) is 4.31 Å². The molecule has 0 aliphatic heterocycles. The van der Waals surface area contributed by atoms with Gasteiger partial charge in [-0.2, -0.15) is 0 Å². The van der Waals surface area contributed by atoms with Gasteiger partial charge in [0.15, 0.2) is 5.82 Å². The Morgan fingerprint density at radius 2 is 2.04 bits per heavy atom. The summed E-state index contributed by atoms with van der Waals surface area (Å²) in [7, 11) is -4.68. The summed E-state index contributed by atoms with van der Waals surface area (Å²) >= 11 is 6.86. The molecule has 0 bridgehead atoms. The average molecular weight is 408 g/mol. The Hall–Kier alpha value is -1.91. The molecule has 136 valence electrons. The minimum absolute atomic E-state index is 0.129. The van der Waals surface area contributed by atoms with Crippen LogP contribution in [0.25, 0.3) is 0 Å². The molecule has 0 spiro atoms. The normalized spacial score (nSPS) is 12.0. The molecule has 0 atom stereocenters. The monoisotopic (exact) mass is 407 g/mol. The number of thiazole rings is 1. The summed E-state index contributed by atoms with van der Waals surface area (Å²) in [5.74, 6) is -1.36. The van der Waals surface area contributed by atoms with Crippen molar-refractivity contribution in [2.24, 2.45) is 0 Å². The van der Waals surface area contributed by atoms with Crippen LogP contribution in [0, 0.1) is 5.82 Å². The Kier molecular flexibility index (Phi) is 5.26. The van der Waals surface area contributed by atoms with E-state index >= 15 is 0 Å². The quantitative estimate of drug-likeness (QED) is 0.779. The topological polar surface area (TPSA) is 103 Å². The summed E-state index contributed by atoms with van der Waals surface area (Å²) < 4.78 is 45.4. The highest BCUT2D eigenvalue weighted by atomic mass is 35.5. The third-order valence-corrected chi connectivity index (χ3v) is 5.34. The third kappa shape index (κ3) is 4.20. The SMILES string of the molecule is CC(C)(C)OC(=O)N(c1cscn1)S(=O)(=O)c1cc(Cl)c(N)cc1F. The molecule has 7 nitrogen and oxygen atoms in total. The molecule has 2 aromatic rings. The van der Waals surface area contributed by atoms with Crippen molar-refractivity contribution in [3.05, 3.63) is 33.9 Å². The van der Waals surface area contributed by atoms with Crippen LogP contribution >= 0.6 is 22.9 Å². The van der Waals surface area contributed by atoms with Crippen LogP contribution in [0.5, 0.6) is 0 Å². The number of nitrogens with two attached hydrogens (primary N) is 1. The van der Waals surface area contributed by atoms with E-state index in [4.69, 9.17) is 22.1 Å². The van der Waals surface area contributed by atoms with Gasteiger partial charge in [0.2, 0.25) is 0 Å². The van der Waals surface area contributed by atoms with Gasteiger partial charge in [0.25, 0.3) is 10.0 Å². The maximum absolute atomic E-state index is 14.2. The number of carbonyl (C=O) groups excluding carboxylic acids is 1. The minimum Gasteiger partial charge on any atom is -0.443 e. The summed E-state index contributed by atoms with van der Waals surface area (Å²) in [6.07, 6.45) is -1.22. The summed E-state index contributed by atoms with van der Waals surface area (Å²) in [5, 5.41) is 1.15. The lowest BCUT2D eigenvalue weighted by Gasteiger charge is -2.25. The maximum atomic E-state index is 14.2. The first-order chi connectivity index (χ1) is 11.4. The number of benzene rings is 1. The molecule has 0 aliphatic carbocycles. The summed E-state index contributed by atoms with van der Waals surface area (Å²) in [5.41, 5.74) is 5.69. The second-order valence-corrected chi connectivity index (χ2v) is 8.78. The molecule has 1 aromatic heterocycles. The Balaban J connectivity index is 2.61. The van der Waals surface area contributed by atoms with Crippen molar-refractivity contribution in [3.8, 4) is 0 Å². The second-order valence-electron chi connectivity index (χ2n) is 5.90. The number of hydrogen-bond donors (Lipinski definition) is 1. The van der Waals surface area contributed by atoms with Gasteiger partial charge >= 0.3 is 6.09 Å². The Morgan fingerprint density at radius 1 is 1.40 bits per heavy atom. The number of aromatic nitrogens is 1. The Morgan fingerprint density at radius 3 is 2.56 bits per heavy atom. The highest BCUT2D eigenvalue weighted by molar-refractivity contribution is 7.93. The van der Waals surface area contributed by atoms with E-state index in [1.54, 1.807) is 20.8 Å². The summed E-state index contributed by atoms with van der Waals surface area (Å²) in [6.45, 7) is 4.70. The zero-order chi connectivity index (χ0) is 19.0. The zero-order valence-corrected chi connectivity index (χ0v) is 15.9. The van der Waals surface area contributed by atoms with Gasteiger partial charge in [-0.3, -0.25) is 0 Å². The van der Waals surface area contributed by atoms with Crippen LogP contribution in [0.4, 0.5) is 20.7 Å². The van der Waals surface area contributed by atoms with E-state index in [0.717, 1.165) is 23.5 Å². The fourth-order valence-corrected chi connectivity index (χ4v) is 3.93. The van der Waals surface area contributed by atoms with Gasteiger partial charge < -0.3 is 10.5 Å². The number of halogens is 2. The molecular weight excluding hydrogens is 393 g/mol. The van der Waals surface area contributed by atoms with Gasteiger partial charge in [-0.1, -0.05) is 11.6 Å². The lowest BCUT2D eigenvalue weighted by atomic mass is 10.2. The maximum Gasteiger partial charge on any atom is 0.430 e. The van der Waals surface area contributed by atoms with Crippen LogP contribution < -0.4 is 10.0 Å². The van der Waals surface area contributed by atoms with E-state index in [1.165, 1.54) is 10.9 Å². The van der Waals surface area contributed by atoms with Crippen LogP contribution in [0.1, 0.15) is 20.8 Å². The molecule has 0 aliphatic rings. The highest BCUT2D eigenvalue weighted by Gasteiger charge is 2.37. The van der Waals surface area contributed by atoms with Crippen molar-refractivity contribution in [2.45, 2.75) is 31.3 Å². The molecule has 0 unspecified atom stereocenters. The predicted octanol–water partition coefficient (Wildman–Crippen LogP) is 3.65. The number of hydrogen-bond acceptors (Lipinski definition) is 7. The standard InChI is InChI=1S/C14H15ClFN3O4S2/c1-14(2,3)23-13(20)19(12-6-24-7-18-12)25(21,22)11-4-8(15)10(17)5-9(11)16/h4-7H,17H2,1-3H3. The number of nitrogen functional groups attached to an aromatic ring is 1. The van der Waals surface area contributed by atoms with E-state index in [2.05, 4.69) is 4.98 Å². The fraction of sp³-hybridized carbons (Fsp3) is 0.286. The molecule has 1 amide bonds. The predicted molar refractivity (Wildman–Crippen MR) is 93.8 cm³/mol. The number of ether oxygens (including phenoxy) is 1. The molecule has 0 saturated heterocycles. The van der Waals surface area contributed by atoms with Crippen molar-refractivity contribution in [2.75, 3.05) is 10.0 Å². The van der Waals surface area contributed by atoms with Crippen molar-refractivity contribution in [3.63, 3.8) is 0 Å². The van der Waals surface area contributed by atoms with Crippen LogP contribution in [0.15, 0.2) is 27.9 Å². The Bertz CT molecular complexity index is 896. The van der Waals surface area contributed by atoms with E-state index < -0.39 is 32.4 Å². The largest absolute Gasteiger partial charge is 0.443 e. The first-order valence-electron chi connectivity index (χ1n) is 6.84. The number of anilines is 2. The van der Waals surface area contributed by atoms with Gasteiger partial charge in [-0.25, -0.2) is 22.6 Å². The van der Waals surface area contributed by atoms with Crippen molar-refractivity contribution in [1.82, 2.24) is 4.98 Å². The van der Waals surface area contributed by atoms with Crippen molar-refractivity contribution >= 4 is 50.6 Å². The van der Waals surface area contributed by atoms with Gasteiger partial charge in [-0.05, 0) is 32.9 Å². The lowest BCUT2D eigenvalue weighted by Crippen LogP contribution is -2.41. The first kappa shape index (κ1) is 19.4. The van der Waals surface area contributed by atoms with E-state index in [-0.39, 0.29) is 16.5 Å². The van der Waals surface area contributed by atoms with Gasteiger partial charge in [0, 0.05) is 5.38 Å². The molecule has 1 heterocycles. The molecule has 0 fully saturated rings. The third-order valence-electron chi connectivity index (χ3n) is 2.76. The molecule has 2 rings (SSSR count). The summed E-state index contributed by atoms with van der Waals surface area (Å²) in [4.78, 5) is 15.4. The number of rotatable bonds is 3. The molecule has 1 aromatic carbocycles. The number of nitrogens with zero attached hydrogens (tertiary/aromatic N) is 2. The van der Waals surface area contributed by atoms with Crippen LogP contribution in [-0.4, -0.2) is 25.1 Å². The van der Waals surface area contributed by atoms with Gasteiger partial charge in [0.1, 0.15) is 16.3 Å². The molecule has 0 saturated carbocycles. The van der Waals surface area contributed by atoms with E-state index in [9.17, 15) is 17.6 Å².